The Morgan fingerprint density at radius 2 is 1.97 bits per heavy atom. The van der Waals surface area contributed by atoms with Crippen molar-refractivity contribution in [2.45, 2.75) is 64.3 Å². The molecule has 1 saturated heterocycles. The zero-order valence-electron chi connectivity index (χ0n) is 18.7. The van der Waals surface area contributed by atoms with E-state index in [-0.39, 0.29) is 28.9 Å². The summed E-state index contributed by atoms with van der Waals surface area (Å²) in [4.78, 5) is 18.0. The van der Waals surface area contributed by atoms with Gasteiger partial charge in [0.15, 0.2) is 9.84 Å². The summed E-state index contributed by atoms with van der Waals surface area (Å²) in [6, 6.07) is 3.36. The number of fused-ring (bicyclic) bond motifs is 1. The lowest BCUT2D eigenvalue weighted by Crippen LogP contribution is -2.20. The topological polar surface area (TPSA) is 120 Å². The van der Waals surface area contributed by atoms with E-state index >= 15 is 0 Å². The van der Waals surface area contributed by atoms with Gasteiger partial charge in [0.25, 0.3) is 11.6 Å². The largest absolute Gasteiger partial charge is 0.336 e. The quantitative estimate of drug-likeness (QED) is 0.636. The number of hydrogen-bond donors (Lipinski definition) is 1. The van der Waals surface area contributed by atoms with Gasteiger partial charge in [-0.3, -0.25) is 4.79 Å². The molecule has 1 saturated carbocycles. The number of sulfone groups is 1. The Morgan fingerprint density at radius 3 is 2.59 bits per heavy atom. The predicted octanol–water partition coefficient (Wildman–Crippen LogP) is 3.51. The van der Waals surface area contributed by atoms with Crippen molar-refractivity contribution in [3.8, 4) is 0 Å². The van der Waals surface area contributed by atoms with Crippen LogP contribution in [-0.4, -0.2) is 45.8 Å². The second-order valence-electron chi connectivity index (χ2n) is 9.94. The second kappa shape index (κ2) is 7.13. The number of nitrogens with zero attached hydrogens (tertiary/aromatic N) is 4. The van der Waals surface area contributed by atoms with Crippen LogP contribution in [0.1, 0.15) is 79.4 Å². The molecule has 1 N–H and O–H groups in total. The van der Waals surface area contributed by atoms with Crippen LogP contribution in [0, 0.1) is 6.92 Å². The third kappa shape index (κ3) is 3.80. The molecular formula is C22H27N5O4S. The van der Waals surface area contributed by atoms with Gasteiger partial charge in [-0.2, -0.15) is 5.10 Å². The van der Waals surface area contributed by atoms with Crippen LogP contribution in [0.5, 0.6) is 0 Å². The highest BCUT2D eigenvalue weighted by Crippen LogP contribution is 2.40. The van der Waals surface area contributed by atoms with Gasteiger partial charge in [0.1, 0.15) is 5.82 Å². The minimum Gasteiger partial charge on any atom is -0.336 e. The predicted molar refractivity (Wildman–Crippen MR) is 120 cm³/mol. The van der Waals surface area contributed by atoms with Gasteiger partial charge in [0.05, 0.1) is 39.9 Å². The van der Waals surface area contributed by atoms with Crippen molar-refractivity contribution in [1.82, 2.24) is 19.9 Å². The fourth-order valence-electron chi connectivity index (χ4n) is 4.17. The molecule has 5 rings (SSSR count). The minimum absolute atomic E-state index is 0.0250. The van der Waals surface area contributed by atoms with Crippen molar-refractivity contribution in [3.63, 3.8) is 0 Å². The molecule has 1 atom stereocenters. The molecule has 3 aromatic heterocycles. The Balaban J connectivity index is 1.55. The molecule has 0 spiro atoms. The van der Waals surface area contributed by atoms with E-state index in [2.05, 4.69) is 15.5 Å². The van der Waals surface area contributed by atoms with E-state index in [4.69, 9.17) is 9.62 Å². The molecule has 0 radical (unpaired) electrons. The monoisotopic (exact) mass is 457 g/mol. The van der Waals surface area contributed by atoms with E-state index in [1.165, 1.54) is 0 Å². The summed E-state index contributed by atoms with van der Waals surface area (Å²) in [5, 5.41) is 12.3. The molecule has 0 aromatic carbocycles. The first-order valence-corrected chi connectivity index (χ1v) is 12.7. The lowest BCUT2D eigenvalue weighted by atomic mass is 9.92. The molecule has 0 bridgehead atoms. The Hall–Kier alpha value is -2.75. The SMILES string of the molecule is Cc1noc2nc(C3CC3)cc(C(=O)Nc3cc(C(C)(C)C)nn3C3CCS(=O)(=O)C3)c12. The summed E-state index contributed by atoms with van der Waals surface area (Å²) >= 11 is 0. The number of carbonyl (C=O) groups excluding carboxylic acids is 1. The smallest absolute Gasteiger partial charge is 0.259 e. The maximum Gasteiger partial charge on any atom is 0.259 e. The fraction of sp³-hybridized carbons (Fsp3) is 0.545. The van der Waals surface area contributed by atoms with Gasteiger partial charge >= 0.3 is 0 Å². The van der Waals surface area contributed by atoms with Crippen molar-refractivity contribution < 1.29 is 17.7 Å². The fourth-order valence-corrected chi connectivity index (χ4v) is 5.86. The van der Waals surface area contributed by atoms with Crippen LogP contribution in [-0.2, 0) is 15.3 Å². The first-order chi connectivity index (χ1) is 15.0. The Kier molecular flexibility index (Phi) is 4.70. The van der Waals surface area contributed by atoms with Crippen LogP contribution in [0.4, 0.5) is 5.82 Å². The molecule has 10 heteroatoms. The normalized spacial score (nSPS) is 20.7. The van der Waals surface area contributed by atoms with Gasteiger partial charge < -0.3 is 9.84 Å². The summed E-state index contributed by atoms with van der Waals surface area (Å²) in [5.74, 6) is 0.683. The van der Waals surface area contributed by atoms with Crippen LogP contribution in [0.15, 0.2) is 16.7 Å². The van der Waals surface area contributed by atoms with Gasteiger partial charge in [-0.1, -0.05) is 25.9 Å². The van der Waals surface area contributed by atoms with E-state index in [1.54, 1.807) is 11.6 Å². The molecule has 9 nitrogen and oxygen atoms in total. The van der Waals surface area contributed by atoms with Gasteiger partial charge in [-0.15, -0.1) is 0 Å². The van der Waals surface area contributed by atoms with E-state index < -0.39 is 9.84 Å². The van der Waals surface area contributed by atoms with Crippen LogP contribution >= 0.6 is 0 Å². The highest BCUT2D eigenvalue weighted by molar-refractivity contribution is 7.91. The van der Waals surface area contributed by atoms with Crippen molar-refractivity contribution >= 4 is 32.7 Å². The number of aryl methyl sites for hydroxylation is 1. The first-order valence-electron chi connectivity index (χ1n) is 10.9. The lowest BCUT2D eigenvalue weighted by molar-refractivity contribution is 0.102. The van der Waals surface area contributed by atoms with Crippen LogP contribution < -0.4 is 5.32 Å². The summed E-state index contributed by atoms with van der Waals surface area (Å²) in [6.45, 7) is 7.88. The van der Waals surface area contributed by atoms with Gasteiger partial charge in [-0.05, 0) is 32.3 Å². The summed E-state index contributed by atoms with van der Waals surface area (Å²) in [7, 11) is -3.10. The number of anilines is 1. The zero-order valence-corrected chi connectivity index (χ0v) is 19.5. The highest BCUT2D eigenvalue weighted by Gasteiger charge is 2.34. The zero-order chi connectivity index (χ0) is 22.8. The first kappa shape index (κ1) is 21.1. The average molecular weight is 458 g/mol. The molecule has 2 aliphatic rings. The van der Waals surface area contributed by atoms with E-state index in [1.807, 2.05) is 32.9 Å². The molecule has 170 valence electrons. The maximum atomic E-state index is 13.5. The third-order valence-electron chi connectivity index (χ3n) is 6.18. The van der Waals surface area contributed by atoms with Crippen molar-refractivity contribution in [2.75, 3.05) is 16.8 Å². The number of carbonyl (C=O) groups is 1. The molecular weight excluding hydrogens is 430 g/mol. The molecule has 1 aliphatic heterocycles. The molecule has 3 aromatic rings. The van der Waals surface area contributed by atoms with Crippen molar-refractivity contribution in [1.29, 1.82) is 0 Å². The number of nitrogens with one attached hydrogen (secondary N) is 1. The molecule has 4 heterocycles. The van der Waals surface area contributed by atoms with Crippen LogP contribution in [0.25, 0.3) is 11.1 Å². The number of pyridine rings is 1. The molecule has 1 aliphatic carbocycles. The van der Waals surface area contributed by atoms with Gasteiger partial charge in [-0.25, -0.2) is 18.1 Å². The molecule has 1 unspecified atom stereocenters. The number of hydrogen-bond acceptors (Lipinski definition) is 7. The van der Waals surface area contributed by atoms with Gasteiger partial charge in [0, 0.05) is 23.1 Å². The second-order valence-corrected chi connectivity index (χ2v) is 12.2. The average Bonchev–Trinajstić information content (AvgIpc) is 3.22. The molecule has 2 fully saturated rings. The highest BCUT2D eigenvalue weighted by atomic mass is 32.2. The Bertz CT molecular complexity index is 1330. The summed E-state index contributed by atoms with van der Waals surface area (Å²) < 4.78 is 31.2. The number of aromatic nitrogens is 4. The van der Waals surface area contributed by atoms with E-state index in [0.717, 1.165) is 24.2 Å². The van der Waals surface area contributed by atoms with Crippen molar-refractivity contribution in [3.05, 3.63) is 34.8 Å². The molecule has 1 amide bonds. The van der Waals surface area contributed by atoms with Gasteiger partial charge in [0.2, 0.25) is 0 Å². The lowest BCUT2D eigenvalue weighted by Gasteiger charge is -2.16. The summed E-state index contributed by atoms with van der Waals surface area (Å²) in [6.07, 6.45) is 2.57. The minimum atomic E-state index is -3.10. The third-order valence-corrected chi connectivity index (χ3v) is 7.93. The van der Waals surface area contributed by atoms with Crippen LogP contribution in [0.3, 0.4) is 0 Å². The Labute approximate surface area is 186 Å². The van der Waals surface area contributed by atoms with Crippen molar-refractivity contribution in [2.24, 2.45) is 0 Å². The van der Waals surface area contributed by atoms with E-state index in [9.17, 15) is 13.2 Å². The number of rotatable bonds is 4. The maximum absolute atomic E-state index is 13.5. The van der Waals surface area contributed by atoms with Crippen LogP contribution in [0.2, 0.25) is 0 Å². The number of amides is 1. The molecule has 32 heavy (non-hydrogen) atoms. The van der Waals surface area contributed by atoms with E-state index in [0.29, 0.717) is 40.5 Å². The Morgan fingerprint density at radius 1 is 1.22 bits per heavy atom. The summed E-state index contributed by atoms with van der Waals surface area (Å²) in [5.41, 5.74) is 2.80. The standard InChI is InChI=1S/C22H27N5O4S/c1-12-19-15(9-16(13-5-6-13)23-21(19)31-26-12)20(28)24-18-10-17(22(2,3)4)25-27(18)14-7-8-32(29,30)11-14/h9-10,13-14H,5-8,11H2,1-4H3,(H,24,28).